The SMILES string of the molecule is CCS(=O)(=O)c1ccc(NC(=O)c2ccc(CN3C(=O)CCC3=O)cc2)cc1. The topological polar surface area (TPSA) is 101 Å². The van der Waals surface area contributed by atoms with Gasteiger partial charge >= 0.3 is 0 Å². The van der Waals surface area contributed by atoms with Crippen molar-refractivity contribution < 1.29 is 22.8 Å². The highest BCUT2D eigenvalue weighted by Crippen LogP contribution is 2.18. The van der Waals surface area contributed by atoms with Gasteiger partial charge in [-0.15, -0.1) is 0 Å². The fourth-order valence-corrected chi connectivity index (χ4v) is 3.74. The van der Waals surface area contributed by atoms with Crippen molar-refractivity contribution in [1.29, 1.82) is 0 Å². The number of hydrogen-bond acceptors (Lipinski definition) is 5. The summed E-state index contributed by atoms with van der Waals surface area (Å²) >= 11 is 0. The Hall–Kier alpha value is -3.00. The maximum Gasteiger partial charge on any atom is 0.255 e. The molecule has 2 aromatic carbocycles. The number of imide groups is 1. The van der Waals surface area contributed by atoms with Crippen molar-refractivity contribution in [2.24, 2.45) is 0 Å². The molecule has 0 unspecified atom stereocenters. The Bertz CT molecular complexity index is 996. The molecular weight excluding hydrogens is 380 g/mol. The number of nitrogens with zero attached hydrogens (tertiary/aromatic N) is 1. The van der Waals surface area contributed by atoms with Crippen LogP contribution in [-0.2, 0) is 26.0 Å². The summed E-state index contributed by atoms with van der Waals surface area (Å²) in [6.45, 7) is 1.77. The van der Waals surface area contributed by atoms with E-state index >= 15 is 0 Å². The summed E-state index contributed by atoms with van der Waals surface area (Å²) in [6.07, 6.45) is 0.495. The number of anilines is 1. The van der Waals surface area contributed by atoms with E-state index in [0.717, 1.165) is 5.56 Å². The number of carbonyl (C=O) groups is 3. The van der Waals surface area contributed by atoms with Gasteiger partial charge in [0.15, 0.2) is 9.84 Å². The maximum atomic E-state index is 12.4. The smallest absolute Gasteiger partial charge is 0.255 e. The first-order valence-corrected chi connectivity index (χ1v) is 10.5. The van der Waals surface area contributed by atoms with Crippen LogP contribution in [0.4, 0.5) is 5.69 Å². The lowest BCUT2D eigenvalue weighted by molar-refractivity contribution is -0.139. The minimum Gasteiger partial charge on any atom is -0.322 e. The highest BCUT2D eigenvalue weighted by atomic mass is 32.2. The lowest BCUT2D eigenvalue weighted by Gasteiger charge is -2.14. The minimum absolute atomic E-state index is 0.0136. The number of likely N-dealkylation sites (tertiary alicyclic amines) is 1. The number of rotatable bonds is 6. The van der Waals surface area contributed by atoms with E-state index in [1.165, 1.54) is 17.0 Å². The van der Waals surface area contributed by atoms with Crippen LogP contribution in [0.2, 0.25) is 0 Å². The Morgan fingerprint density at radius 3 is 2.07 bits per heavy atom. The zero-order valence-electron chi connectivity index (χ0n) is 15.3. The fourth-order valence-electron chi connectivity index (χ4n) is 2.86. The van der Waals surface area contributed by atoms with Crippen molar-refractivity contribution >= 4 is 33.2 Å². The molecule has 7 nitrogen and oxygen atoms in total. The van der Waals surface area contributed by atoms with E-state index in [4.69, 9.17) is 0 Å². The third kappa shape index (κ3) is 4.28. The molecule has 0 aliphatic carbocycles. The predicted molar refractivity (Wildman–Crippen MR) is 103 cm³/mol. The van der Waals surface area contributed by atoms with Crippen molar-refractivity contribution in [2.45, 2.75) is 31.2 Å². The predicted octanol–water partition coefficient (Wildman–Crippen LogP) is 2.38. The molecule has 1 fully saturated rings. The van der Waals surface area contributed by atoms with Crippen LogP contribution in [0, 0.1) is 0 Å². The number of amides is 3. The third-order valence-corrected chi connectivity index (χ3v) is 6.31. The lowest BCUT2D eigenvalue weighted by Crippen LogP contribution is -2.28. The summed E-state index contributed by atoms with van der Waals surface area (Å²) in [5, 5.41) is 2.71. The van der Waals surface area contributed by atoms with Crippen molar-refractivity contribution in [3.63, 3.8) is 0 Å². The van der Waals surface area contributed by atoms with Gasteiger partial charge < -0.3 is 5.32 Å². The van der Waals surface area contributed by atoms with Crippen LogP contribution >= 0.6 is 0 Å². The third-order valence-electron chi connectivity index (χ3n) is 4.56. The van der Waals surface area contributed by atoms with Gasteiger partial charge in [-0.2, -0.15) is 0 Å². The molecule has 0 atom stereocenters. The molecule has 3 rings (SSSR count). The first kappa shape index (κ1) is 19.8. The molecule has 146 valence electrons. The Morgan fingerprint density at radius 1 is 0.964 bits per heavy atom. The summed E-state index contributed by atoms with van der Waals surface area (Å²) in [5.74, 6) is -0.689. The van der Waals surface area contributed by atoms with Gasteiger partial charge in [-0.05, 0) is 42.0 Å². The van der Waals surface area contributed by atoms with E-state index in [-0.39, 0.29) is 47.8 Å². The fraction of sp³-hybridized carbons (Fsp3) is 0.250. The van der Waals surface area contributed by atoms with E-state index in [2.05, 4.69) is 5.32 Å². The number of sulfone groups is 1. The Kier molecular flexibility index (Phi) is 5.60. The number of benzene rings is 2. The summed E-state index contributed by atoms with van der Waals surface area (Å²) in [6, 6.07) is 12.6. The average Bonchev–Trinajstić information content (AvgIpc) is 3.01. The van der Waals surface area contributed by atoms with Crippen molar-refractivity contribution in [3.05, 3.63) is 59.7 Å². The Labute approximate surface area is 163 Å². The van der Waals surface area contributed by atoms with Gasteiger partial charge in [-0.1, -0.05) is 19.1 Å². The molecule has 1 aliphatic rings. The Balaban J connectivity index is 1.65. The van der Waals surface area contributed by atoms with Crippen molar-refractivity contribution in [1.82, 2.24) is 4.90 Å². The molecule has 1 saturated heterocycles. The molecule has 0 spiro atoms. The van der Waals surface area contributed by atoms with Gasteiger partial charge in [0.05, 0.1) is 17.2 Å². The van der Waals surface area contributed by atoms with Crippen molar-refractivity contribution in [2.75, 3.05) is 11.1 Å². The van der Waals surface area contributed by atoms with Crippen molar-refractivity contribution in [3.8, 4) is 0 Å². The van der Waals surface area contributed by atoms with Gasteiger partial charge in [0, 0.05) is 24.1 Å². The zero-order valence-corrected chi connectivity index (χ0v) is 16.2. The molecule has 0 aromatic heterocycles. The first-order valence-electron chi connectivity index (χ1n) is 8.86. The van der Waals surface area contributed by atoms with Crippen LogP contribution in [-0.4, -0.2) is 36.8 Å². The minimum atomic E-state index is -3.28. The number of hydrogen-bond donors (Lipinski definition) is 1. The van der Waals surface area contributed by atoms with Crippen LogP contribution in [0.5, 0.6) is 0 Å². The molecular formula is C20H20N2O5S. The number of carbonyl (C=O) groups excluding carboxylic acids is 3. The molecule has 8 heteroatoms. The molecule has 28 heavy (non-hydrogen) atoms. The summed E-state index contributed by atoms with van der Waals surface area (Å²) in [7, 11) is -3.28. The molecule has 1 heterocycles. The molecule has 0 saturated carbocycles. The molecule has 0 radical (unpaired) electrons. The molecule has 1 aliphatic heterocycles. The second kappa shape index (κ2) is 7.93. The van der Waals surface area contributed by atoms with Gasteiger partial charge in [-0.25, -0.2) is 8.42 Å². The number of nitrogens with one attached hydrogen (secondary N) is 1. The van der Waals surface area contributed by atoms with Crippen LogP contribution < -0.4 is 5.32 Å². The lowest BCUT2D eigenvalue weighted by atomic mass is 10.1. The first-order chi connectivity index (χ1) is 13.3. The van der Waals surface area contributed by atoms with Gasteiger partial charge in [0.1, 0.15) is 0 Å². The normalized spacial score (nSPS) is 14.4. The highest BCUT2D eigenvalue weighted by Gasteiger charge is 2.28. The standard InChI is InChI=1S/C20H20N2O5S/c1-2-28(26,27)17-9-7-16(8-10-17)21-20(25)15-5-3-14(4-6-15)13-22-18(23)11-12-19(22)24/h3-10H,2,11-13H2,1H3,(H,21,25). The van der Waals surface area contributed by atoms with Crippen LogP contribution in [0.25, 0.3) is 0 Å². The van der Waals surface area contributed by atoms with Gasteiger partial charge in [0.25, 0.3) is 5.91 Å². The Morgan fingerprint density at radius 2 is 1.54 bits per heavy atom. The molecule has 1 N–H and O–H groups in total. The zero-order chi connectivity index (χ0) is 20.3. The highest BCUT2D eigenvalue weighted by molar-refractivity contribution is 7.91. The van der Waals surface area contributed by atoms with E-state index < -0.39 is 9.84 Å². The van der Waals surface area contributed by atoms with Gasteiger partial charge in [0.2, 0.25) is 11.8 Å². The van der Waals surface area contributed by atoms with Crippen LogP contribution in [0.3, 0.4) is 0 Å². The summed E-state index contributed by atoms with van der Waals surface area (Å²) in [5.41, 5.74) is 1.65. The van der Waals surface area contributed by atoms with Crippen LogP contribution in [0.1, 0.15) is 35.7 Å². The second-order valence-corrected chi connectivity index (χ2v) is 8.73. The van der Waals surface area contributed by atoms with E-state index in [9.17, 15) is 22.8 Å². The largest absolute Gasteiger partial charge is 0.322 e. The monoisotopic (exact) mass is 400 g/mol. The quantitative estimate of drug-likeness (QED) is 0.751. The summed E-state index contributed by atoms with van der Waals surface area (Å²) in [4.78, 5) is 37.2. The molecule has 3 amide bonds. The molecule has 0 bridgehead atoms. The van der Waals surface area contributed by atoms with Gasteiger partial charge in [-0.3, -0.25) is 19.3 Å². The molecule has 2 aromatic rings. The van der Waals surface area contributed by atoms with E-state index in [1.807, 2.05) is 0 Å². The maximum absolute atomic E-state index is 12.4. The van der Waals surface area contributed by atoms with E-state index in [0.29, 0.717) is 11.3 Å². The van der Waals surface area contributed by atoms with Crippen LogP contribution in [0.15, 0.2) is 53.4 Å². The summed E-state index contributed by atoms with van der Waals surface area (Å²) < 4.78 is 23.6. The average molecular weight is 400 g/mol. The second-order valence-electron chi connectivity index (χ2n) is 6.45. The van der Waals surface area contributed by atoms with E-state index in [1.54, 1.807) is 43.3 Å².